The van der Waals surface area contributed by atoms with Crippen LogP contribution in [-0.4, -0.2) is 51.9 Å². The Balaban J connectivity index is 1.40. The van der Waals surface area contributed by atoms with Gasteiger partial charge in [0.25, 0.3) is 5.91 Å². The fraction of sp³-hybridized carbons (Fsp3) is 0.200. The Kier molecular flexibility index (Phi) is 4.91. The van der Waals surface area contributed by atoms with Crippen LogP contribution in [0.15, 0.2) is 67.1 Å². The van der Waals surface area contributed by atoms with Crippen molar-refractivity contribution < 1.29 is 4.79 Å². The van der Waals surface area contributed by atoms with Gasteiger partial charge < -0.3 is 15.1 Å². The van der Waals surface area contributed by atoms with Gasteiger partial charge in [-0.05, 0) is 24.3 Å². The van der Waals surface area contributed by atoms with Crippen LogP contribution in [0.4, 0.5) is 17.5 Å². The molecular formula is C20H20N6O. The van der Waals surface area contributed by atoms with Crippen molar-refractivity contribution >= 4 is 23.4 Å². The molecule has 7 heteroatoms. The zero-order chi connectivity index (χ0) is 18.5. The first-order valence-electron chi connectivity index (χ1n) is 8.89. The number of piperazine rings is 1. The van der Waals surface area contributed by atoms with E-state index in [2.05, 4.69) is 25.2 Å². The zero-order valence-electron chi connectivity index (χ0n) is 14.8. The summed E-state index contributed by atoms with van der Waals surface area (Å²) in [6, 6.07) is 17.0. The number of rotatable bonds is 4. The maximum Gasteiger partial charge on any atom is 0.253 e. The topological polar surface area (TPSA) is 74.2 Å². The number of hydrogen-bond acceptors (Lipinski definition) is 6. The maximum absolute atomic E-state index is 12.6. The third-order valence-electron chi connectivity index (χ3n) is 4.49. The molecule has 3 aromatic rings. The summed E-state index contributed by atoms with van der Waals surface area (Å²) in [4.78, 5) is 29.5. The molecule has 0 spiro atoms. The highest BCUT2D eigenvalue weighted by atomic mass is 16.2. The molecule has 0 saturated carbocycles. The van der Waals surface area contributed by atoms with E-state index in [0.29, 0.717) is 18.9 Å². The molecule has 1 amide bonds. The van der Waals surface area contributed by atoms with Gasteiger partial charge in [0.1, 0.15) is 23.8 Å². The summed E-state index contributed by atoms with van der Waals surface area (Å²) in [5.74, 6) is 2.35. The summed E-state index contributed by atoms with van der Waals surface area (Å²) in [5.41, 5.74) is 0.731. The summed E-state index contributed by atoms with van der Waals surface area (Å²) in [6.45, 7) is 2.80. The fourth-order valence-corrected chi connectivity index (χ4v) is 3.06. The van der Waals surface area contributed by atoms with Gasteiger partial charge in [0.15, 0.2) is 0 Å². The molecule has 3 heterocycles. The number of aromatic nitrogens is 3. The normalized spacial score (nSPS) is 14.1. The van der Waals surface area contributed by atoms with Crippen LogP contribution >= 0.6 is 0 Å². The number of hydrogen-bond donors (Lipinski definition) is 1. The molecule has 136 valence electrons. The first kappa shape index (κ1) is 17.0. The van der Waals surface area contributed by atoms with Crippen molar-refractivity contribution in [1.29, 1.82) is 0 Å². The van der Waals surface area contributed by atoms with Crippen LogP contribution in [0.1, 0.15) is 10.4 Å². The highest BCUT2D eigenvalue weighted by Crippen LogP contribution is 2.19. The Labute approximate surface area is 157 Å². The van der Waals surface area contributed by atoms with Crippen LogP contribution in [0.5, 0.6) is 0 Å². The van der Waals surface area contributed by atoms with Crippen molar-refractivity contribution in [2.45, 2.75) is 0 Å². The molecule has 1 aliphatic rings. The van der Waals surface area contributed by atoms with Crippen LogP contribution in [0, 0.1) is 0 Å². The predicted octanol–water partition coefficient (Wildman–Crippen LogP) is 2.58. The minimum Gasteiger partial charge on any atom is -0.353 e. The lowest BCUT2D eigenvalue weighted by molar-refractivity contribution is 0.0746. The Hall–Kier alpha value is -3.48. The Morgan fingerprint density at radius 1 is 0.852 bits per heavy atom. The van der Waals surface area contributed by atoms with E-state index in [9.17, 15) is 4.79 Å². The smallest absolute Gasteiger partial charge is 0.253 e. The second-order valence-corrected chi connectivity index (χ2v) is 6.25. The molecular weight excluding hydrogens is 340 g/mol. The average Bonchev–Trinajstić information content (AvgIpc) is 2.75. The predicted molar refractivity (Wildman–Crippen MR) is 104 cm³/mol. The minimum atomic E-state index is 0.0791. The van der Waals surface area contributed by atoms with Crippen molar-refractivity contribution in [3.05, 3.63) is 72.7 Å². The minimum absolute atomic E-state index is 0.0791. The zero-order valence-corrected chi connectivity index (χ0v) is 14.8. The molecule has 0 bridgehead atoms. The van der Waals surface area contributed by atoms with Crippen molar-refractivity contribution in [3.8, 4) is 0 Å². The Bertz CT molecular complexity index is 895. The lowest BCUT2D eigenvalue weighted by atomic mass is 10.2. The molecule has 1 saturated heterocycles. The third-order valence-corrected chi connectivity index (χ3v) is 4.49. The molecule has 0 radical (unpaired) electrons. The van der Waals surface area contributed by atoms with Gasteiger partial charge in [0, 0.05) is 44.0 Å². The fourth-order valence-electron chi connectivity index (χ4n) is 3.06. The van der Waals surface area contributed by atoms with Crippen LogP contribution in [0.3, 0.4) is 0 Å². The highest BCUT2D eigenvalue weighted by molar-refractivity contribution is 5.94. The molecule has 0 unspecified atom stereocenters. The summed E-state index contributed by atoms with van der Waals surface area (Å²) in [5, 5.41) is 3.18. The number of anilines is 3. The summed E-state index contributed by atoms with van der Waals surface area (Å²) < 4.78 is 0. The molecule has 7 nitrogen and oxygen atoms in total. The van der Waals surface area contributed by atoms with E-state index in [0.717, 1.165) is 30.3 Å². The van der Waals surface area contributed by atoms with E-state index in [1.54, 1.807) is 12.5 Å². The number of nitrogens with one attached hydrogen (secondary N) is 1. The Morgan fingerprint density at radius 2 is 1.63 bits per heavy atom. The van der Waals surface area contributed by atoms with Gasteiger partial charge in [0.05, 0.1) is 0 Å². The van der Waals surface area contributed by atoms with Crippen molar-refractivity contribution in [1.82, 2.24) is 19.9 Å². The van der Waals surface area contributed by atoms with Crippen LogP contribution in [0.2, 0.25) is 0 Å². The lowest BCUT2D eigenvalue weighted by Gasteiger charge is -2.35. The number of carbonyl (C=O) groups excluding carboxylic acids is 1. The van der Waals surface area contributed by atoms with Crippen LogP contribution in [0.25, 0.3) is 0 Å². The van der Waals surface area contributed by atoms with E-state index in [1.807, 2.05) is 59.5 Å². The highest BCUT2D eigenvalue weighted by Gasteiger charge is 2.23. The van der Waals surface area contributed by atoms with Gasteiger partial charge in [0.2, 0.25) is 0 Å². The number of pyridine rings is 1. The monoisotopic (exact) mass is 360 g/mol. The molecule has 1 N–H and O–H groups in total. The number of benzene rings is 1. The molecule has 1 aliphatic heterocycles. The third kappa shape index (κ3) is 4.03. The maximum atomic E-state index is 12.6. The van der Waals surface area contributed by atoms with E-state index in [1.165, 1.54) is 0 Å². The van der Waals surface area contributed by atoms with Crippen LogP contribution in [-0.2, 0) is 0 Å². The standard InChI is InChI=1S/C20H20N6O/c27-20(16-6-2-1-3-7-16)26-12-10-25(11-13-26)19-14-18(22-15-23-19)24-17-8-4-5-9-21-17/h1-9,14-15H,10-13H2,(H,21,22,23,24). The van der Waals surface area contributed by atoms with Crippen molar-refractivity contribution in [2.24, 2.45) is 0 Å². The molecule has 1 aromatic carbocycles. The van der Waals surface area contributed by atoms with Crippen molar-refractivity contribution in [3.63, 3.8) is 0 Å². The first-order chi connectivity index (χ1) is 13.3. The average molecular weight is 360 g/mol. The SMILES string of the molecule is O=C(c1ccccc1)N1CCN(c2cc(Nc3ccccn3)ncn2)CC1. The van der Waals surface area contributed by atoms with E-state index in [-0.39, 0.29) is 5.91 Å². The molecule has 1 fully saturated rings. The number of amides is 1. The van der Waals surface area contributed by atoms with Crippen LogP contribution < -0.4 is 10.2 Å². The number of carbonyl (C=O) groups is 1. The molecule has 0 aliphatic carbocycles. The quantitative estimate of drug-likeness (QED) is 0.771. The molecule has 27 heavy (non-hydrogen) atoms. The van der Waals surface area contributed by atoms with Gasteiger partial charge in [-0.25, -0.2) is 15.0 Å². The summed E-state index contributed by atoms with van der Waals surface area (Å²) in [6.07, 6.45) is 3.27. The molecule has 4 rings (SSSR count). The van der Waals surface area contributed by atoms with Gasteiger partial charge >= 0.3 is 0 Å². The second kappa shape index (κ2) is 7.82. The van der Waals surface area contributed by atoms with Gasteiger partial charge in [-0.1, -0.05) is 24.3 Å². The van der Waals surface area contributed by atoms with Gasteiger partial charge in [-0.2, -0.15) is 0 Å². The number of nitrogens with zero attached hydrogens (tertiary/aromatic N) is 5. The largest absolute Gasteiger partial charge is 0.353 e. The second-order valence-electron chi connectivity index (χ2n) is 6.25. The van der Waals surface area contributed by atoms with Crippen molar-refractivity contribution in [2.75, 3.05) is 36.4 Å². The summed E-state index contributed by atoms with van der Waals surface area (Å²) in [7, 11) is 0. The Morgan fingerprint density at radius 3 is 2.37 bits per heavy atom. The van der Waals surface area contributed by atoms with Gasteiger partial charge in [-0.15, -0.1) is 0 Å². The summed E-state index contributed by atoms with van der Waals surface area (Å²) >= 11 is 0. The molecule has 2 aromatic heterocycles. The van der Waals surface area contributed by atoms with E-state index >= 15 is 0 Å². The van der Waals surface area contributed by atoms with E-state index in [4.69, 9.17) is 0 Å². The lowest BCUT2D eigenvalue weighted by Crippen LogP contribution is -2.49. The van der Waals surface area contributed by atoms with Gasteiger partial charge in [-0.3, -0.25) is 4.79 Å². The van der Waals surface area contributed by atoms with E-state index < -0.39 is 0 Å². The molecule has 0 atom stereocenters. The first-order valence-corrected chi connectivity index (χ1v) is 8.89.